The van der Waals surface area contributed by atoms with Gasteiger partial charge in [-0.2, -0.15) is 5.01 Å². The Balaban J connectivity index is 1.83. The number of thioether (sulfide) groups is 1. The molecule has 1 aliphatic heterocycles. The van der Waals surface area contributed by atoms with Gasteiger partial charge in [0.25, 0.3) is 11.8 Å². The third-order valence-electron chi connectivity index (χ3n) is 4.46. The molecule has 10 heteroatoms. The Bertz CT molecular complexity index is 1140. The first kappa shape index (κ1) is 25.6. The molecule has 33 heavy (non-hydrogen) atoms. The Labute approximate surface area is 215 Å². The molecule has 3 rings (SSSR count). The van der Waals surface area contributed by atoms with Gasteiger partial charge in [-0.3, -0.25) is 15.0 Å². The summed E-state index contributed by atoms with van der Waals surface area (Å²) in [5, 5.41) is 1.36. The summed E-state index contributed by atoms with van der Waals surface area (Å²) in [6.07, 6.45) is 2.56. The number of hydrogen-bond acceptors (Lipinski definition) is 6. The van der Waals surface area contributed by atoms with Crippen molar-refractivity contribution in [3.8, 4) is 11.5 Å². The van der Waals surface area contributed by atoms with E-state index in [1.165, 1.54) is 0 Å². The molecule has 0 bridgehead atoms. The monoisotopic (exact) mass is 568 g/mol. The number of nitrogens with zero attached hydrogens (tertiary/aromatic N) is 1. The molecule has 0 aliphatic carbocycles. The van der Waals surface area contributed by atoms with E-state index in [0.29, 0.717) is 39.1 Å². The standard InChI is InChI=1S/C23H22BrClN2O4S2/c1-4-8-31-20-16(24)10-14(11-18(20)30-5-2)12-19-22(29)27(23(32)33-19)26-21(28)15-7-6-13(3)9-17(15)25/h6-7,9-12H,4-5,8H2,1-3H3,(H,26,28)/b19-12-. The molecule has 1 saturated heterocycles. The lowest BCUT2D eigenvalue weighted by Crippen LogP contribution is -2.44. The molecule has 2 aromatic carbocycles. The Morgan fingerprint density at radius 1 is 1.27 bits per heavy atom. The first-order valence-electron chi connectivity index (χ1n) is 10.2. The Kier molecular flexibility index (Phi) is 8.81. The fourth-order valence-electron chi connectivity index (χ4n) is 2.96. The zero-order chi connectivity index (χ0) is 24.1. The lowest BCUT2D eigenvalue weighted by atomic mass is 10.1. The molecule has 0 spiro atoms. The van der Waals surface area contributed by atoms with Crippen LogP contribution in [-0.2, 0) is 4.79 Å². The van der Waals surface area contributed by atoms with Crippen molar-refractivity contribution in [1.29, 1.82) is 0 Å². The molecular weight excluding hydrogens is 548 g/mol. The minimum Gasteiger partial charge on any atom is -0.490 e. The summed E-state index contributed by atoms with van der Waals surface area (Å²) < 4.78 is 12.5. The SMILES string of the molecule is CCCOc1c(Br)cc(/C=C2\SC(=S)N(NC(=O)c3ccc(C)cc3Cl)C2=O)cc1OCC. The molecule has 0 radical (unpaired) electrons. The highest BCUT2D eigenvalue weighted by molar-refractivity contribution is 9.10. The molecular formula is C23H22BrClN2O4S2. The van der Waals surface area contributed by atoms with Gasteiger partial charge in [0, 0.05) is 0 Å². The quantitative estimate of drug-likeness (QED) is 0.304. The highest BCUT2D eigenvalue weighted by Gasteiger charge is 2.34. The fraction of sp³-hybridized carbons (Fsp3) is 0.261. The second-order valence-electron chi connectivity index (χ2n) is 7.05. The first-order chi connectivity index (χ1) is 15.7. The van der Waals surface area contributed by atoms with E-state index in [4.69, 9.17) is 33.3 Å². The number of rotatable bonds is 8. The van der Waals surface area contributed by atoms with Crippen LogP contribution in [0.25, 0.3) is 6.08 Å². The van der Waals surface area contributed by atoms with Crippen molar-refractivity contribution in [2.45, 2.75) is 27.2 Å². The van der Waals surface area contributed by atoms with Gasteiger partial charge in [-0.15, -0.1) is 0 Å². The zero-order valence-electron chi connectivity index (χ0n) is 18.2. The van der Waals surface area contributed by atoms with E-state index in [0.717, 1.165) is 34.3 Å². The van der Waals surface area contributed by atoms with Gasteiger partial charge in [0.1, 0.15) is 0 Å². The second kappa shape index (κ2) is 11.4. The number of hydrazine groups is 1. The van der Waals surface area contributed by atoms with E-state index in [1.807, 2.05) is 26.8 Å². The Morgan fingerprint density at radius 2 is 2.03 bits per heavy atom. The number of amides is 2. The predicted octanol–water partition coefficient (Wildman–Crippen LogP) is 6.14. The van der Waals surface area contributed by atoms with Gasteiger partial charge in [-0.05, 0) is 89.9 Å². The van der Waals surface area contributed by atoms with Gasteiger partial charge in [0.2, 0.25) is 0 Å². The van der Waals surface area contributed by atoms with Gasteiger partial charge in [-0.25, -0.2) is 0 Å². The van der Waals surface area contributed by atoms with Crippen molar-refractivity contribution in [1.82, 2.24) is 10.4 Å². The van der Waals surface area contributed by atoms with Crippen LogP contribution in [-0.4, -0.2) is 34.4 Å². The minimum atomic E-state index is -0.517. The number of aryl methyl sites for hydroxylation is 1. The van der Waals surface area contributed by atoms with E-state index in [9.17, 15) is 9.59 Å². The smallest absolute Gasteiger partial charge is 0.285 e. The average Bonchev–Trinajstić information content (AvgIpc) is 3.00. The number of nitrogens with one attached hydrogen (secondary N) is 1. The van der Waals surface area contributed by atoms with Gasteiger partial charge in [-0.1, -0.05) is 36.4 Å². The van der Waals surface area contributed by atoms with Gasteiger partial charge in [0.15, 0.2) is 15.8 Å². The highest BCUT2D eigenvalue weighted by Crippen LogP contribution is 2.39. The molecule has 0 atom stereocenters. The Morgan fingerprint density at radius 3 is 2.70 bits per heavy atom. The van der Waals surface area contributed by atoms with E-state index in [1.54, 1.807) is 30.3 Å². The molecule has 1 N–H and O–H groups in total. The van der Waals surface area contributed by atoms with Crippen molar-refractivity contribution >= 4 is 73.7 Å². The largest absolute Gasteiger partial charge is 0.490 e. The summed E-state index contributed by atoms with van der Waals surface area (Å²) in [4.78, 5) is 26.0. The first-order valence-corrected chi connectivity index (χ1v) is 12.6. The van der Waals surface area contributed by atoms with Crippen molar-refractivity contribution in [3.63, 3.8) is 0 Å². The number of halogens is 2. The fourth-order valence-corrected chi connectivity index (χ4v) is 5.03. The molecule has 1 aliphatic rings. The summed E-state index contributed by atoms with van der Waals surface area (Å²) in [6, 6.07) is 8.70. The number of benzene rings is 2. The second-order valence-corrected chi connectivity index (χ2v) is 9.99. The molecule has 2 amide bonds. The van der Waals surface area contributed by atoms with E-state index in [-0.39, 0.29) is 9.88 Å². The lowest BCUT2D eigenvalue weighted by Gasteiger charge is -2.16. The van der Waals surface area contributed by atoms with Crippen LogP contribution < -0.4 is 14.9 Å². The predicted molar refractivity (Wildman–Crippen MR) is 140 cm³/mol. The summed E-state index contributed by atoms with van der Waals surface area (Å²) in [5.74, 6) is 0.244. The third-order valence-corrected chi connectivity index (χ3v) is 6.66. The summed E-state index contributed by atoms with van der Waals surface area (Å²) >= 11 is 16.1. The summed E-state index contributed by atoms with van der Waals surface area (Å²) in [5.41, 5.74) is 4.46. The van der Waals surface area contributed by atoms with Crippen molar-refractivity contribution in [3.05, 3.63) is 61.4 Å². The molecule has 1 fully saturated rings. The minimum absolute atomic E-state index is 0.217. The number of ether oxygens (including phenoxy) is 2. The number of carbonyl (C=O) groups excluding carboxylic acids is 2. The molecule has 0 aromatic heterocycles. The van der Waals surface area contributed by atoms with E-state index >= 15 is 0 Å². The molecule has 174 valence electrons. The summed E-state index contributed by atoms with van der Waals surface area (Å²) in [7, 11) is 0. The topological polar surface area (TPSA) is 67.9 Å². The van der Waals surface area contributed by atoms with Crippen LogP contribution in [0, 0.1) is 6.92 Å². The maximum Gasteiger partial charge on any atom is 0.285 e. The molecule has 1 heterocycles. The molecule has 2 aromatic rings. The van der Waals surface area contributed by atoms with Crippen molar-refractivity contribution in [2.24, 2.45) is 0 Å². The average molecular weight is 570 g/mol. The molecule has 0 unspecified atom stereocenters. The Hall–Kier alpha value is -2.07. The van der Waals surface area contributed by atoms with Crippen LogP contribution in [0.5, 0.6) is 11.5 Å². The lowest BCUT2D eigenvalue weighted by molar-refractivity contribution is -0.123. The molecule has 6 nitrogen and oxygen atoms in total. The van der Waals surface area contributed by atoms with Crippen molar-refractivity contribution < 1.29 is 19.1 Å². The van der Waals surface area contributed by atoms with Crippen LogP contribution in [0.2, 0.25) is 5.02 Å². The van der Waals surface area contributed by atoms with Crippen molar-refractivity contribution in [2.75, 3.05) is 13.2 Å². The maximum atomic E-state index is 13.0. The number of thiocarbonyl (C=S) groups is 1. The highest BCUT2D eigenvalue weighted by atomic mass is 79.9. The van der Waals surface area contributed by atoms with Gasteiger partial charge >= 0.3 is 0 Å². The number of carbonyl (C=O) groups is 2. The van der Waals surface area contributed by atoms with E-state index < -0.39 is 11.8 Å². The number of hydrogen-bond donors (Lipinski definition) is 1. The van der Waals surface area contributed by atoms with Gasteiger partial charge < -0.3 is 9.47 Å². The molecule has 0 saturated carbocycles. The third kappa shape index (κ3) is 6.09. The normalized spacial score (nSPS) is 14.7. The van der Waals surface area contributed by atoms with Gasteiger partial charge in [0.05, 0.1) is 33.2 Å². The summed E-state index contributed by atoms with van der Waals surface area (Å²) in [6.45, 7) is 6.81. The zero-order valence-corrected chi connectivity index (χ0v) is 22.2. The van der Waals surface area contributed by atoms with Crippen LogP contribution in [0.3, 0.4) is 0 Å². The van der Waals surface area contributed by atoms with Crippen LogP contribution >= 0.6 is 51.5 Å². The van der Waals surface area contributed by atoms with E-state index in [2.05, 4.69) is 21.4 Å². The van der Waals surface area contributed by atoms with Crippen LogP contribution in [0.1, 0.15) is 41.8 Å². The van der Waals surface area contributed by atoms with Crippen LogP contribution in [0.4, 0.5) is 0 Å². The maximum absolute atomic E-state index is 13.0. The van der Waals surface area contributed by atoms with Crippen LogP contribution in [0.15, 0.2) is 39.7 Å².